The minimum absolute atomic E-state index is 0.0640. The highest BCUT2D eigenvalue weighted by Gasteiger charge is 2.15. The molecule has 0 aliphatic heterocycles. The van der Waals surface area contributed by atoms with Gasteiger partial charge in [0.05, 0.1) is 4.92 Å². The van der Waals surface area contributed by atoms with Crippen LogP contribution in [0.25, 0.3) is 17.4 Å². The van der Waals surface area contributed by atoms with E-state index in [0.29, 0.717) is 16.5 Å². The Bertz CT molecular complexity index is 1140. The van der Waals surface area contributed by atoms with E-state index in [1.165, 1.54) is 29.5 Å². The molecule has 1 N–H and O–H groups in total. The van der Waals surface area contributed by atoms with Gasteiger partial charge in [0.25, 0.3) is 11.6 Å². The molecular weight excluding hydrogens is 394 g/mol. The van der Waals surface area contributed by atoms with Crippen LogP contribution in [0.4, 0.5) is 10.8 Å². The highest BCUT2D eigenvalue weighted by Crippen LogP contribution is 2.27. The van der Waals surface area contributed by atoms with Crippen LogP contribution in [0.3, 0.4) is 0 Å². The largest absolute Gasteiger partial charge is 0.457 e. The van der Waals surface area contributed by atoms with Gasteiger partial charge >= 0.3 is 0 Å². The molecule has 1 aromatic carbocycles. The molecule has 0 spiro atoms. The summed E-state index contributed by atoms with van der Waals surface area (Å²) in [6.07, 6.45) is 1.29. The van der Waals surface area contributed by atoms with Crippen molar-refractivity contribution in [1.82, 2.24) is 10.2 Å². The second-order valence-electron chi connectivity index (χ2n) is 6.23. The topological polar surface area (TPSA) is 135 Å². The van der Waals surface area contributed by atoms with Crippen molar-refractivity contribution in [3.8, 4) is 17.4 Å². The second-order valence-corrected chi connectivity index (χ2v) is 7.24. The van der Waals surface area contributed by atoms with E-state index in [1.807, 2.05) is 19.9 Å². The predicted octanol–water partition coefficient (Wildman–Crippen LogP) is 4.38. The van der Waals surface area contributed by atoms with Gasteiger partial charge < -0.3 is 4.42 Å². The number of furan rings is 1. The number of aromatic nitrogens is 2. The number of hydrogen-bond acceptors (Lipinski definition) is 8. The van der Waals surface area contributed by atoms with Gasteiger partial charge in [0.15, 0.2) is 0 Å². The summed E-state index contributed by atoms with van der Waals surface area (Å²) in [7, 11) is 0. The first-order chi connectivity index (χ1) is 13.9. The van der Waals surface area contributed by atoms with Gasteiger partial charge in [-0.2, -0.15) is 5.26 Å². The average molecular weight is 409 g/mol. The lowest BCUT2D eigenvalue weighted by Crippen LogP contribution is -2.13. The number of amides is 1. The van der Waals surface area contributed by atoms with Crippen LogP contribution in [0, 0.1) is 21.4 Å². The molecule has 2 aromatic heterocycles. The number of hydrogen-bond donors (Lipinski definition) is 1. The third kappa shape index (κ3) is 4.72. The van der Waals surface area contributed by atoms with Gasteiger partial charge in [-0.25, -0.2) is 0 Å². The van der Waals surface area contributed by atoms with E-state index >= 15 is 0 Å². The van der Waals surface area contributed by atoms with E-state index < -0.39 is 10.8 Å². The molecule has 3 rings (SSSR count). The normalized spacial score (nSPS) is 11.3. The first kappa shape index (κ1) is 19.9. The summed E-state index contributed by atoms with van der Waals surface area (Å²) >= 11 is 1.24. The summed E-state index contributed by atoms with van der Waals surface area (Å²) in [6, 6.07) is 11.0. The van der Waals surface area contributed by atoms with E-state index in [-0.39, 0.29) is 22.9 Å². The molecule has 0 atom stereocenters. The summed E-state index contributed by atoms with van der Waals surface area (Å²) in [5.41, 5.74) is 0.272. The summed E-state index contributed by atoms with van der Waals surface area (Å²) in [4.78, 5) is 22.8. The third-order valence-corrected chi connectivity index (χ3v) is 4.91. The fourth-order valence-electron chi connectivity index (χ4n) is 2.33. The van der Waals surface area contributed by atoms with Crippen molar-refractivity contribution in [3.63, 3.8) is 0 Å². The molecule has 2 heterocycles. The fourth-order valence-corrected chi connectivity index (χ4v) is 3.07. The lowest BCUT2D eigenvalue weighted by Gasteiger charge is -1.99. The van der Waals surface area contributed by atoms with E-state index in [2.05, 4.69) is 15.5 Å². The molecule has 9 nitrogen and oxygen atoms in total. The molecule has 0 saturated heterocycles. The zero-order valence-electron chi connectivity index (χ0n) is 15.4. The van der Waals surface area contributed by atoms with Crippen LogP contribution < -0.4 is 5.32 Å². The Kier molecular flexibility index (Phi) is 5.80. The molecule has 0 radical (unpaired) electrons. The van der Waals surface area contributed by atoms with Crippen LogP contribution in [0.15, 0.2) is 46.4 Å². The van der Waals surface area contributed by atoms with E-state index in [0.717, 1.165) is 5.01 Å². The number of nitriles is 1. The number of rotatable bonds is 6. The zero-order chi connectivity index (χ0) is 21.0. The summed E-state index contributed by atoms with van der Waals surface area (Å²) in [5, 5.41) is 31.7. The van der Waals surface area contributed by atoms with Crippen molar-refractivity contribution in [2.75, 3.05) is 5.32 Å². The molecule has 0 unspecified atom stereocenters. The fraction of sp³-hybridized carbons (Fsp3) is 0.158. The Labute approximate surface area is 169 Å². The third-order valence-electron chi connectivity index (χ3n) is 3.77. The van der Waals surface area contributed by atoms with Gasteiger partial charge in [0, 0.05) is 29.7 Å². The highest BCUT2D eigenvalue weighted by molar-refractivity contribution is 7.15. The van der Waals surface area contributed by atoms with Gasteiger partial charge in [-0.1, -0.05) is 37.3 Å². The summed E-state index contributed by atoms with van der Waals surface area (Å²) < 4.78 is 5.62. The summed E-state index contributed by atoms with van der Waals surface area (Å²) in [6.45, 7) is 3.92. The maximum absolute atomic E-state index is 12.3. The molecule has 146 valence electrons. The quantitative estimate of drug-likeness (QED) is 0.276. The number of nitro groups is 1. The first-order valence-electron chi connectivity index (χ1n) is 8.48. The van der Waals surface area contributed by atoms with Crippen LogP contribution in [-0.4, -0.2) is 21.0 Å². The molecule has 3 aromatic rings. The van der Waals surface area contributed by atoms with Crippen LogP contribution in [0.5, 0.6) is 0 Å². The molecular formula is C19H15N5O4S. The molecule has 0 aliphatic carbocycles. The number of non-ortho nitro benzene ring substituents is 1. The van der Waals surface area contributed by atoms with Crippen molar-refractivity contribution in [2.45, 2.75) is 19.8 Å². The number of nitrogens with one attached hydrogen (secondary N) is 1. The van der Waals surface area contributed by atoms with Crippen molar-refractivity contribution >= 4 is 34.1 Å². The van der Waals surface area contributed by atoms with Crippen LogP contribution in [0.1, 0.15) is 30.5 Å². The van der Waals surface area contributed by atoms with Gasteiger partial charge in [-0.3, -0.25) is 20.2 Å². The lowest BCUT2D eigenvalue weighted by molar-refractivity contribution is -0.384. The van der Waals surface area contributed by atoms with Crippen molar-refractivity contribution in [1.29, 1.82) is 5.26 Å². The standard InChI is InChI=1S/C19H15N5O4S/c1-11(2)18-22-23-19(29-18)21-17(25)13(10-20)9-15-6-7-16(28-15)12-4-3-5-14(8-12)24(26)27/h3-9,11H,1-2H3,(H,21,23,25)/b13-9-. The SMILES string of the molecule is CC(C)c1nnc(NC(=O)/C(C#N)=C\c2ccc(-c3cccc([N+](=O)[O-])c3)o2)s1. The van der Waals surface area contributed by atoms with E-state index in [9.17, 15) is 20.2 Å². The lowest BCUT2D eigenvalue weighted by atomic mass is 10.1. The number of nitrogens with zero attached hydrogens (tertiary/aromatic N) is 4. The molecule has 0 aliphatic rings. The molecule has 1 amide bonds. The average Bonchev–Trinajstić information content (AvgIpc) is 3.35. The van der Waals surface area contributed by atoms with Gasteiger partial charge in [0.1, 0.15) is 28.2 Å². The maximum Gasteiger partial charge on any atom is 0.270 e. The molecule has 0 fully saturated rings. The van der Waals surface area contributed by atoms with Crippen LogP contribution in [-0.2, 0) is 4.79 Å². The van der Waals surface area contributed by atoms with E-state index in [4.69, 9.17) is 4.42 Å². The zero-order valence-corrected chi connectivity index (χ0v) is 16.3. The van der Waals surface area contributed by atoms with Crippen molar-refractivity contribution < 1.29 is 14.1 Å². The van der Waals surface area contributed by atoms with Gasteiger partial charge in [0.2, 0.25) is 5.13 Å². The Morgan fingerprint density at radius 3 is 2.79 bits per heavy atom. The Hall–Kier alpha value is -3.84. The number of carbonyl (C=O) groups is 1. The molecule has 0 bridgehead atoms. The van der Waals surface area contributed by atoms with Crippen LogP contribution >= 0.6 is 11.3 Å². The Morgan fingerprint density at radius 1 is 1.34 bits per heavy atom. The monoisotopic (exact) mass is 409 g/mol. The van der Waals surface area contributed by atoms with Gasteiger partial charge in [-0.15, -0.1) is 10.2 Å². The minimum atomic E-state index is -0.632. The number of nitro benzene ring substituents is 1. The maximum atomic E-state index is 12.3. The number of anilines is 1. The molecule has 10 heteroatoms. The Balaban J connectivity index is 1.79. The second kappa shape index (κ2) is 8.45. The van der Waals surface area contributed by atoms with E-state index in [1.54, 1.807) is 24.3 Å². The van der Waals surface area contributed by atoms with Crippen LogP contribution in [0.2, 0.25) is 0 Å². The number of benzene rings is 1. The predicted molar refractivity (Wildman–Crippen MR) is 107 cm³/mol. The summed E-state index contributed by atoms with van der Waals surface area (Å²) in [5.74, 6) is 0.188. The molecule has 29 heavy (non-hydrogen) atoms. The van der Waals surface area contributed by atoms with Crippen molar-refractivity contribution in [3.05, 3.63) is 62.9 Å². The smallest absolute Gasteiger partial charge is 0.270 e. The number of carbonyl (C=O) groups excluding carboxylic acids is 1. The van der Waals surface area contributed by atoms with Crippen molar-refractivity contribution in [2.24, 2.45) is 0 Å². The highest BCUT2D eigenvalue weighted by atomic mass is 32.1. The minimum Gasteiger partial charge on any atom is -0.457 e. The molecule has 0 saturated carbocycles. The Morgan fingerprint density at radius 2 is 2.14 bits per heavy atom. The van der Waals surface area contributed by atoms with Gasteiger partial charge in [-0.05, 0) is 12.1 Å². The first-order valence-corrected chi connectivity index (χ1v) is 9.30.